The highest BCUT2D eigenvalue weighted by molar-refractivity contribution is 5.88. The Kier molecular flexibility index (Phi) is 3.18. The average Bonchev–Trinajstić information content (AvgIpc) is 3.22. The molecule has 116 valence electrons. The number of fused-ring (bicyclic) bond motifs is 1. The third-order valence-electron chi connectivity index (χ3n) is 4.24. The number of primary amides is 1. The molecule has 7 nitrogen and oxygen atoms in total. The predicted octanol–water partition coefficient (Wildman–Crippen LogP) is 1.13. The van der Waals surface area contributed by atoms with Crippen molar-refractivity contribution in [1.29, 1.82) is 0 Å². The van der Waals surface area contributed by atoms with Gasteiger partial charge in [0, 0.05) is 13.1 Å². The van der Waals surface area contributed by atoms with Gasteiger partial charge in [-0.05, 0) is 18.6 Å². The minimum absolute atomic E-state index is 0.121. The highest BCUT2D eigenvalue weighted by Crippen LogP contribution is 2.28. The highest BCUT2D eigenvalue weighted by atomic mass is 16.1. The van der Waals surface area contributed by atoms with Gasteiger partial charge in [0.15, 0.2) is 5.65 Å². The standard InChI is InChI=1S/C16H16N6O/c17-14(23)11-6-7-21(9-11)15-13-8-20-22(16(13)19-10-18-15)12-4-2-1-3-5-12/h1-5,8,10-11H,6-7,9H2,(H2,17,23)/t11-/m0/s1. The zero-order valence-corrected chi connectivity index (χ0v) is 12.5. The second kappa shape index (κ2) is 5.35. The monoisotopic (exact) mass is 308 g/mol. The van der Waals surface area contributed by atoms with Crippen LogP contribution in [0.3, 0.4) is 0 Å². The van der Waals surface area contributed by atoms with E-state index in [1.165, 1.54) is 6.33 Å². The molecule has 2 N–H and O–H groups in total. The van der Waals surface area contributed by atoms with Gasteiger partial charge in [0.05, 0.1) is 23.2 Å². The Bertz CT molecular complexity index is 859. The number of nitrogens with two attached hydrogens (primary N) is 1. The number of hydrogen-bond donors (Lipinski definition) is 1. The second-order valence-corrected chi connectivity index (χ2v) is 5.66. The maximum atomic E-state index is 11.4. The lowest BCUT2D eigenvalue weighted by molar-refractivity contribution is -0.121. The Morgan fingerprint density at radius 3 is 2.78 bits per heavy atom. The van der Waals surface area contributed by atoms with Crippen LogP contribution in [0.1, 0.15) is 6.42 Å². The Hall–Kier alpha value is -2.96. The van der Waals surface area contributed by atoms with E-state index in [0.717, 1.165) is 35.5 Å². The Balaban J connectivity index is 1.76. The molecule has 0 unspecified atom stereocenters. The molecule has 1 aliphatic heterocycles. The lowest BCUT2D eigenvalue weighted by Gasteiger charge is -2.17. The fourth-order valence-electron chi connectivity index (χ4n) is 3.03. The highest BCUT2D eigenvalue weighted by Gasteiger charge is 2.29. The Labute approximate surface area is 132 Å². The van der Waals surface area contributed by atoms with Crippen LogP contribution < -0.4 is 10.6 Å². The molecule has 1 atom stereocenters. The van der Waals surface area contributed by atoms with Gasteiger partial charge in [-0.1, -0.05) is 18.2 Å². The quantitative estimate of drug-likeness (QED) is 0.783. The predicted molar refractivity (Wildman–Crippen MR) is 86.2 cm³/mol. The van der Waals surface area contributed by atoms with E-state index in [0.29, 0.717) is 6.54 Å². The number of amides is 1. The molecule has 2 aromatic heterocycles. The summed E-state index contributed by atoms with van der Waals surface area (Å²) in [6, 6.07) is 9.84. The van der Waals surface area contributed by atoms with E-state index in [2.05, 4.69) is 20.0 Å². The molecule has 1 fully saturated rings. The smallest absolute Gasteiger partial charge is 0.222 e. The molecule has 0 bridgehead atoms. The van der Waals surface area contributed by atoms with E-state index in [1.54, 1.807) is 10.9 Å². The molecule has 1 aromatic carbocycles. The van der Waals surface area contributed by atoms with Crippen LogP contribution in [-0.2, 0) is 4.79 Å². The minimum Gasteiger partial charge on any atom is -0.369 e. The van der Waals surface area contributed by atoms with Gasteiger partial charge in [-0.25, -0.2) is 14.6 Å². The molecular weight excluding hydrogens is 292 g/mol. The van der Waals surface area contributed by atoms with Gasteiger partial charge >= 0.3 is 0 Å². The van der Waals surface area contributed by atoms with Crippen molar-refractivity contribution in [3.05, 3.63) is 42.9 Å². The summed E-state index contributed by atoms with van der Waals surface area (Å²) in [7, 11) is 0. The van der Waals surface area contributed by atoms with Crippen LogP contribution in [0.2, 0.25) is 0 Å². The first-order chi connectivity index (χ1) is 11.2. The molecule has 0 saturated carbocycles. The lowest BCUT2D eigenvalue weighted by atomic mass is 10.1. The van der Waals surface area contributed by atoms with Gasteiger partial charge < -0.3 is 10.6 Å². The van der Waals surface area contributed by atoms with Crippen molar-refractivity contribution in [3.8, 4) is 5.69 Å². The topological polar surface area (TPSA) is 89.9 Å². The maximum Gasteiger partial charge on any atom is 0.222 e. The van der Waals surface area contributed by atoms with Gasteiger partial charge in [0.1, 0.15) is 12.1 Å². The van der Waals surface area contributed by atoms with Crippen LogP contribution in [0.4, 0.5) is 5.82 Å². The Morgan fingerprint density at radius 2 is 2.04 bits per heavy atom. The second-order valence-electron chi connectivity index (χ2n) is 5.66. The summed E-state index contributed by atoms with van der Waals surface area (Å²) in [4.78, 5) is 22.2. The normalized spacial score (nSPS) is 17.7. The lowest BCUT2D eigenvalue weighted by Crippen LogP contribution is -2.27. The molecule has 3 aromatic rings. The van der Waals surface area contributed by atoms with Crippen molar-refractivity contribution in [3.63, 3.8) is 0 Å². The van der Waals surface area contributed by atoms with Crippen LogP contribution in [0.15, 0.2) is 42.9 Å². The molecule has 1 saturated heterocycles. The number of carbonyl (C=O) groups is 1. The van der Waals surface area contributed by atoms with Crippen LogP contribution >= 0.6 is 0 Å². The molecule has 1 aliphatic rings. The van der Waals surface area contributed by atoms with E-state index in [-0.39, 0.29) is 11.8 Å². The summed E-state index contributed by atoms with van der Waals surface area (Å²) in [6.45, 7) is 1.36. The van der Waals surface area contributed by atoms with Crippen molar-refractivity contribution in [2.75, 3.05) is 18.0 Å². The van der Waals surface area contributed by atoms with Crippen molar-refractivity contribution >= 4 is 22.8 Å². The number of rotatable bonds is 3. The molecule has 23 heavy (non-hydrogen) atoms. The zero-order chi connectivity index (χ0) is 15.8. The molecule has 0 aliphatic carbocycles. The van der Waals surface area contributed by atoms with Crippen LogP contribution in [0.25, 0.3) is 16.7 Å². The summed E-state index contributed by atoms with van der Waals surface area (Å²) in [5.74, 6) is 0.433. The van der Waals surface area contributed by atoms with Gasteiger partial charge in [0.25, 0.3) is 0 Å². The van der Waals surface area contributed by atoms with Crippen molar-refractivity contribution in [2.24, 2.45) is 11.7 Å². The number of aromatic nitrogens is 4. The first-order valence-electron chi connectivity index (χ1n) is 7.52. The van der Waals surface area contributed by atoms with E-state index in [4.69, 9.17) is 5.73 Å². The number of benzene rings is 1. The molecule has 1 amide bonds. The fraction of sp³-hybridized carbons (Fsp3) is 0.250. The number of carbonyl (C=O) groups excluding carboxylic acids is 1. The third kappa shape index (κ3) is 2.30. The van der Waals surface area contributed by atoms with Gasteiger partial charge in [-0.15, -0.1) is 0 Å². The summed E-state index contributed by atoms with van der Waals surface area (Å²) in [5, 5.41) is 5.32. The number of nitrogens with zero attached hydrogens (tertiary/aromatic N) is 5. The van der Waals surface area contributed by atoms with E-state index >= 15 is 0 Å². The molecular formula is C16H16N6O. The summed E-state index contributed by atoms with van der Waals surface area (Å²) in [5.41, 5.74) is 7.12. The molecule has 3 heterocycles. The SMILES string of the molecule is NC(=O)[C@H]1CCN(c2ncnc3c2cnn3-c2ccccc2)C1. The van der Waals surface area contributed by atoms with Crippen LogP contribution in [0, 0.1) is 5.92 Å². The average molecular weight is 308 g/mol. The van der Waals surface area contributed by atoms with Crippen molar-refractivity contribution in [2.45, 2.75) is 6.42 Å². The van der Waals surface area contributed by atoms with E-state index < -0.39 is 0 Å². The van der Waals surface area contributed by atoms with E-state index in [1.807, 2.05) is 30.3 Å². The fourth-order valence-corrected chi connectivity index (χ4v) is 3.03. The third-order valence-corrected chi connectivity index (χ3v) is 4.24. The summed E-state index contributed by atoms with van der Waals surface area (Å²) in [6.07, 6.45) is 4.07. The van der Waals surface area contributed by atoms with Crippen molar-refractivity contribution in [1.82, 2.24) is 19.7 Å². The number of anilines is 1. The van der Waals surface area contributed by atoms with Crippen LogP contribution in [0.5, 0.6) is 0 Å². The Morgan fingerprint density at radius 1 is 1.22 bits per heavy atom. The summed E-state index contributed by atoms with van der Waals surface area (Å²) < 4.78 is 1.79. The summed E-state index contributed by atoms with van der Waals surface area (Å²) >= 11 is 0. The first-order valence-corrected chi connectivity index (χ1v) is 7.52. The molecule has 0 spiro atoms. The van der Waals surface area contributed by atoms with Gasteiger partial charge in [-0.3, -0.25) is 4.79 Å². The molecule has 7 heteroatoms. The first kappa shape index (κ1) is 13.7. The van der Waals surface area contributed by atoms with Gasteiger partial charge in [-0.2, -0.15) is 5.10 Å². The van der Waals surface area contributed by atoms with Crippen molar-refractivity contribution < 1.29 is 4.79 Å². The van der Waals surface area contributed by atoms with Crippen LogP contribution in [-0.4, -0.2) is 38.7 Å². The maximum absolute atomic E-state index is 11.4. The number of para-hydroxylation sites is 1. The largest absolute Gasteiger partial charge is 0.369 e. The molecule has 0 radical (unpaired) electrons. The zero-order valence-electron chi connectivity index (χ0n) is 12.5. The van der Waals surface area contributed by atoms with Gasteiger partial charge in [0.2, 0.25) is 5.91 Å². The minimum atomic E-state index is -0.252. The molecule has 4 rings (SSSR count). The number of hydrogen-bond acceptors (Lipinski definition) is 5. The van der Waals surface area contributed by atoms with E-state index in [9.17, 15) is 4.79 Å².